The maximum atomic E-state index is 12.8. The van der Waals surface area contributed by atoms with Gasteiger partial charge in [0.15, 0.2) is 5.78 Å². The second-order valence-corrected chi connectivity index (χ2v) is 5.75. The highest BCUT2D eigenvalue weighted by atomic mass is 16.5. The van der Waals surface area contributed by atoms with E-state index in [2.05, 4.69) is 6.92 Å². The third-order valence-electron chi connectivity index (χ3n) is 4.27. The molecule has 0 saturated heterocycles. The van der Waals surface area contributed by atoms with E-state index in [1.165, 1.54) is 6.42 Å². The van der Waals surface area contributed by atoms with Crippen LogP contribution in [-0.2, 0) is 0 Å². The number of carbonyl (C=O) groups excluding carboxylic acids is 1. The molecule has 1 aliphatic rings. The van der Waals surface area contributed by atoms with Crippen LogP contribution >= 0.6 is 0 Å². The van der Waals surface area contributed by atoms with Gasteiger partial charge in [0, 0.05) is 17.5 Å². The number of nitrogens with two attached hydrogens (primary N) is 1. The van der Waals surface area contributed by atoms with Gasteiger partial charge in [-0.25, -0.2) is 0 Å². The maximum Gasteiger partial charge on any atom is 0.170 e. The van der Waals surface area contributed by atoms with Crippen molar-refractivity contribution in [3.05, 3.63) is 29.8 Å². The van der Waals surface area contributed by atoms with Gasteiger partial charge in [-0.15, -0.1) is 0 Å². The van der Waals surface area contributed by atoms with E-state index < -0.39 is 0 Å². The van der Waals surface area contributed by atoms with Crippen molar-refractivity contribution in [2.45, 2.75) is 45.4 Å². The van der Waals surface area contributed by atoms with E-state index in [1.807, 2.05) is 24.3 Å². The van der Waals surface area contributed by atoms with Gasteiger partial charge in [0.1, 0.15) is 5.75 Å². The minimum absolute atomic E-state index is 0.210. The van der Waals surface area contributed by atoms with Crippen molar-refractivity contribution in [2.75, 3.05) is 13.2 Å². The summed E-state index contributed by atoms with van der Waals surface area (Å²) in [6, 6.07) is 7.52. The molecule has 0 aliphatic heterocycles. The first-order valence-electron chi connectivity index (χ1n) is 7.69. The molecule has 110 valence electrons. The molecule has 0 spiro atoms. The van der Waals surface area contributed by atoms with Gasteiger partial charge >= 0.3 is 0 Å². The summed E-state index contributed by atoms with van der Waals surface area (Å²) in [5.74, 6) is 1.04. The van der Waals surface area contributed by atoms with Crippen molar-refractivity contribution in [3.63, 3.8) is 0 Å². The van der Waals surface area contributed by atoms with Crippen LogP contribution in [0, 0.1) is 5.41 Å². The zero-order valence-electron chi connectivity index (χ0n) is 12.4. The van der Waals surface area contributed by atoms with Crippen LogP contribution in [-0.4, -0.2) is 18.9 Å². The molecule has 1 saturated carbocycles. The fraction of sp³-hybridized carbons (Fsp3) is 0.588. The minimum atomic E-state index is -0.329. The Morgan fingerprint density at radius 1 is 1.20 bits per heavy atom. The number of carbonyl (C=O) groups is 1. The molecule has 3 nitrogen and oxygen atoms in total. The number of ether oxygens (including phenoxy) is 1. The highest BCUT2D eigenvalue weighted by Gasteiger charge is 2.38. The van der Waals surface area contributed by atoms with Gasteiger partial charge in [0.2, 0.25) is 0 Å². The van der Waals surface area contributed by atoms with Crippen molar-refractivity contribution in [2.24, 2.45) is 11.1 Å². The van der Waals surface area contributed by atoms with Crippen LogP contribution in [0.15, 0.2) is 24.3 Å². The van der Waals surface area contributed by atoms with Crippen LogP contribution in [0.5, 0.6) is 5.75 Å². The van der Waals surface area contributed by atoms with Crippen LogP contribution in [0.1, 0.15) is 55.8 Å². The zero-order chi connectivity index (χ0) is 14.4. The second-order valence-electron chi connectivity index (χ2n) is 5.75. The average Bonchev–Trinajstić information content (AvgIpc) is 2.53. The fourth-order valence-corrected chi connectivity index (χ4v) is 2.98. The Balaban J connectivity index is 2.11. The number of hydrogen-bond acceptors (Lipinski definition) is 3. The van der Waals surface area contributed by atoms with Crippen molar-refractivity contribution in [1.82, 2.24) is 0 Å². The summed E-state index contributed by atoms with van der Waals surface area (Å²) in [7, 11) is 0. The Morgan fingerprint density at radius 2 is 1.85 bits per heavy atom. The van der Waals surface area contributed by atoms with E-state index in [0.29, 0.717) is 13.2 Å². The van der Waals surface area contributed by atoms with Crippen LogP contribution in [0.2, 0.25) is 0 Å². The second kappa shape index (κ2) is 6.89. The number of rotatable bonds is 6. The molecule has 2 rings (SSSR count). The van der Waals surface area contributed by atoms with Crippen molar-refractivity contribution in [3.8, 4) is 5.75 Å². The van der Waals surface area contributed by atoms with Crippen LogP contribution in [0.25, 0.3) is 0 Å². The number of Topliss-reactive ketones (excluding diaryl/α,β-unsaturated/α-hetero) is 1. The van der Waals surface area contributed by atoms with Gasteiger partial charge in [0.05, 0.1) is 6.61 Å². The smallest absolute Gasteiger partial charge is 0.170 e. The van der Waals surface area contributed by atoms with Crippen molar-refractivity contribution >= 4 is 5.78 Å². The molecule has 0 radical (unpaired) electrons. The number of benzene rings is 1. The first-order chi connectivity index (χ1) is 9.72. The summed E-state index contributed by atoms with van der Waals surface area (Å²) >= 11 is 0. The molecule has 0 heterocycles. The van der Waals surface area contributed by atoms with Gasteiger partial charge in [-0.05, 0) is 43.5 Å². The Labute approximate surface area is 121 Å². The third-order valence-corrected chi connectivity index (χ3v) is 4.27. The van der Waals surface area contributed by atoms with Crippen molar-refractivity contribution in [1.29, 1.82) is 0 Å². The highest BCUT2D eigenvalue weighted by Crippen LogP contribution is 2.38. The predicted octanol–water partition coefficient (Wildman–Crippen LogP) is 3.57. The maximum absolute atomic E-state index is 12.8. The molecule has 0 amide bonds. The highest BCUT2D eigenvalue weighted by molar-refractivity contribution is 6.00. The molecular weight excluding hydrogens is 250 g/mol. The quantitative estimate of drug-likeness (QED) is 0.807. The molecular formula is C17H25NO2. The Bertz CT molecular complexity index is 433. The normalized spacial score (nSPS) is 17.7. The summed E-state index contributed by atoms with van der Waals surface area (Å²) in [5, 5.41) is 0. The summed E-state index contributed by atoms with van der Waals surface area (Å²) < 4.78 is 5.55. The third kappa shape index (κ3) is 3.21. The monoisotopic (exact) mass is 275 g/mol. The van der Waals surface area contributed by atoms with Gasteiger partial charge < -0.3 is 10.5 Å². The molecule has 3 heteroatoms. The molecule has 1 aromatic rings. The zero-order valence-corrected chi connectivity index (χ0v) is 12.4. The lowest BCUT2D eigenvalue weighted by Crippen LogP contribution is -2.40. The van der Waals surface area contributed by atoms with Crippen LogP contribution in [0.4, 0.5) is 0 Å². The minimum Gasteiger partial charge on any atom is -0.494 e. The van der Waals surface area contributed by atoms with E-state index in [0.717, 1.165) is 43.4 Å². The Morgan fingerprint density at radius 3 is 2.40 bits per heavy atom. The van der Waals surface area contributed by atoms with E-state index in [4.69, 9.17) is 10.5 Å². The molecule has 2 N–H and O–H groups in total. The standard InChI is InChI=1S/C17H25NO2/c1-2-12-20-15-8-6-14(7-9-15)16(19)17(13-18)10-4-3-5-11-17/h6-9H,2-5,10-13,18H2,1H3. The molecule has 0 aromatic heterocycles. The molecule has 1 fully saturated rings. The van der Waals surface area contributed by atoms with E-state index >= 15 is 0 Å². The topological polar surface area (TPSA) is 52.3 Å². The number of ketones is 1. The Hall–Kier alpha value is -1.35. The Kier molecular flexibility index (Phi) is 5.18. The first kappa shape index (κ1) is 15.0. The average molecular weight is 275 g/mol. The molecule has 1 aliphatic carbocycles. The van der Waals surface area contributed by atoms with Crippen molar-refractivity contribution < 1.29 is 9.53 Å². The SMILES string of the molecule is CCCOc1ccc(C(=O)C2(CN)CCCCC2)cc1. The van der Waals surface area contributed by atoms with Gasteiger partial charge in [0.25, 0.3) is 0 Å². The van der Waals surface area contributed by atoms with Gasteiger partial charge in [-0.2, -0.15) is 0 Å². The first-order valence-corrected chi connectivity index (χ1v) is 7.69. The lowest BCUT2D eigenvalue weighted by molar-refractivity contribution is 0.0729. The van der Waals surface area contributed by atoms with E-state index in [1.54, 1.807) is 0 Å². The number of hydrogen-bond donors (Lipinski definition) is 1. The lowest BCUT2D eigenvalue weighted by atomic mass is 9.69. The largest absolute Gasteiger partial charge is 0.494 e. The fourth-order valence-electron chi connectivity index (χ4n) is 2.98. The van der Waals surface area contributed by atoms with Crippen LogP contribution in [0.3, 0.4) is 0 Å². The van der Waals surface area contributed by atoms with E-state index in [9.17, 15) is 4.79 Å². The molecule has 0 unspecified atom stereocenters. The molecule has 20 heavy (non-hydrogen) atoms. The lowest BCUT2D eigenvalue weighted by Gasteiger charge is -2.34. The van der Waals surface area contributed by atoms with Gasteiger partial charge in [-0.1, -0.05) is 26.2 Å². The molecule has 0 atom stereocenters. The summed E-state index contributed by atoms with van der Waals surface area (Å²) in [6.45, 7) is 3.24. The summed E-state index contributed by atoms with van der Waals surface area (Å²) in [4.78, 5) is 12.8. The van der Waals surface area contributed by atoms with Crippen LogP contribution < -0.4 is 10.5 Å². The molecule has 0 bridgehead atoms. The summed E-state index contributed by atoms with van der Waals surface area (Å²) in [5.41, 5.74) is 6.36. The molecule has 1 aromatic carbocycles. The van der Waals surface area contributed by atoms with E-state index in [-0.39, 0.29) is 11.2 Å². The summed E-state index contributed by atoms with van der Waals surface area (Å²) in [6.07, 6.45) is 6.28. The van der Waals surface area contributed by atoms with Gasteiger partial charge in [-0.3, -0.25) is 4.79 Å². The predicted molar refractivity (Wildman–Crippen MR) is 81.1 cm³/mol.